The van der Waals surface area contributed by atoms with E-state index in [0.29, 0.717) is 18.4 Å². The second-order valence-corrected chi connectivity index (χ2v) is 5.52. The van der Waals surface area contributed by atoms with E-state index in [-0.39, 0.29) is 18.7 Å². The minimum Gasteiger partial charge on any atom is -0.396 e. The highest BCUT2D eigenvalue weighted by atomic mass is 19.2. The Morgan fingerprint density at radius 1 is 1.00 bits per heavy atom. The molecule has 0 aromatic heterocycles. The molecule has 0 aliphatic carbocycles. The first-order valence-electron chi connectivity index (χ1n) is 7.59. The Hall–Kier alpha value is -1.85. The summed E-state index contributed by atoms with van der Waals surface area (Å²) in [5.41, 5.74) is 1.36. The molecule has 23 heavy (non-hydrogen) atoms. The van der Waals surface area contributed by atoms with E-state index in [1.165, 1.54) is 0 Å². The zero-order valence-electron chi connectivity index (χ0n) is 12.9. The summed E-state index contributed by atoms with van der Waals surface area (Å²) in [4.78, 5) is 0. The molecule has 5 heteroatoms. The maximum absolute atomic E-state index is 13.4. The van der Waals surface area contributed by atoms with Gasteiger partial charge in [0.15, 0.2) is 17.5 Å². The largest absolute Gasteiger partial charge is 0.396 e. The first kappa shape index (κ1) is 17.5. The van der Waals surface area contributed by atoms with Gasteiger partial charge >= 0.3 is 0 Å². The van der Waals surface area contributed by atoms with Crippen LogP contribution >= 0.6 is 0 Å². The number of aliphatic hydroxyl groups is 1. The molecule has 0 heterocycles. The van der Waals surface area contributed by atoms with Crippen molar-refractivity contribution in [3.63, 3.8) is 0 Å². The fourth-order valence-corrected chi connectivity index (χ4v) is 2.55. The van der Waals surface area contributed by atoms with E-state index in [1.807, 2.05) is 30.3 Å². The highest BCUT2D eigenvalue weighted by Gasteiger charge is 2.18. The van der Waals surface area contributed by atoms with Gasteiger partial charge in [0.25, 0.3) is 0 Å². The SMILES string of the molecule is CC(NC(CCCO)c1ccccc1)c1cc(F)c(F)c(F)c1. The quantitative estimate of drug-likeness (QED) is 0.746. The fourth-order valence-electron chi connectivity index (χ4n) is 2.55. The molecule has 0 amide bonds. The second kappa shape index (κ2) is 8.13. The molecule has 2 rings (SSSR count). The van der Waals surface area contributed by atoms with Crippen molar-refractivity contribution in [2.24, 2.45) is 0 Å². The smallest absolute Gasteiger partial charge is 0.194 e. The summed E-state index contributed by atoms with van der Waals surface area (Å²) in [6, 6.07) is 11.2. The van der Waals surface area contributed by atoms with Crippen LogP contribution in [-0.2, 0) is 0 Å². The highest BCUT2D eigenvalue weighted by molar-refractivity contribution is 5.24. The molecule has 2 unspecified atom stereocenters. The predicted molar refractivity (Wildman–Crippen MR) is 83.4 cm³/mol. The van der Waals surface area contributed by atoms with Gasteiger partial charge in [-0.3, -0.25) is 0 Å². The molecule has 0 aliphatic heterocycles. The van der Waals surface area contributed by atoms with E-state index in [9.17, 15) is 13.2 Å². The number of hydrogen-bond donors (Lipinski definition) is 2. The lowest BCUT2D eigenvalue weighted by atomic mass is 9.99. The van der Waals surface area contributed by atoms with Crippen molar-refractivity contribution in [2.75, 3.05) is 6.61 Å². The Kier molecular flexibility index (Phi) is 6.19. The molecule has 0 bridgehead atoms. The Balaban J connectivity index is 2.18. The topological polar surface area (TPSA) is 32.3 Å². The highest BCUT2D eigenvalue weighted by Crippen LogP contribution is 2.25. The van der Waals surface area contributed by atoms with Crippen LogP contribution in [0.3, 0.4) is 0 Å². The van der Waals surface area contributed by atoms with Crippen molar-refractivity contribution < 1.29 is 18.3 Å². The van der Waals surface area contributed by atoms with Crippen LogP contribution in [0.1, 0.15) is 43.0 Å². The summed E-state index contributed by atoms with van der Waals surface area (Å²) in [6.45, 7) is 1.83. The molecular formula is C18H20F3NO. The predicted octanol–water partition coefficient (Wildman–Crippen LogP) is 4.27. The average Bonchev–Trinajstić information content (AvgIpc) is 2.56. The maximum Gasteiger partial charge on any atom is 0.194 e. The van der Waals surface area contributed by atoms with Crippen molar-refractivity contribution in [3.05, 3.63) is 71.0 Å². The number of halogens is 3. The molecule has 0 saturated carbocycles. The number of aliphatic hydroxyl groups excluding tert-OH is 1. The summed E-state index contributed by atoms with van der Waals surface area (Å²) >= 11 is 0. The molecule has 124 valence electrons. The number of rotatable bonds is 7. The first-order chi connectivity index (χ1) is 11.0. The van der Waals surface area contributed by atoms with E-state index < -0.39 is 17.5 Å². The standard InChI is InChI=1S/C18H20F3NO/c1-12(14-10-15(19)18(21)16(20)11-14)22-17(8-5-9-23)13-6-3-2-4-7-13/h2-4,6-7,10-12,17,22-23H,5,8-9H2,1H3. The third-order valence-electron chi connectivity index (χ3n) is 3.81. The molecule has 2 N–H and O–H groups in total. The van der Waals surface area contributed by atoms with Gasteiger partial charge in [-0.15, -0.1) is 0 Å². The lowest BCUT2D eigenvalue weighted by molar-refractivity contribution is 0.272. The number of hydrogen-bond acceptors (Lipinski definition) is 2. The van der Waals surface area contributed by atoms with Crippen LogP contribution in [0, 0.1) is 17.5 Å². The van der Waals surface area contributed by atoms with Gasteiger partial charge in [0, 0.05) is 18.7 Å². The monoisotopic (exact) mass is 323 g/mol. The zero-order valence-corrected chi connectivity index (χ0v) is 12.9. The summed E-state index contributed by atoms with van der Waals surface area (Å²) in [7, 11) is 0. The first-order valence-corrected chi connectivity index (χ1v) is 7.59. The van der Waals surface area contributed by atoms with Gasteiger partial charge in [0.1, 0.15) is 0 Å². The summed E-state index contributed by atoms with van der Waals surface area (Å²) < 4.78 is 39.8. The molecule has 0 radical (unpaired) electrons. The zero-order chi connectivity index (χ0) is 16.8. The molecule has 0 spiro atoms. The third kappa shape index (κ3) is 4.56. The van der Waals surface area contributed by atoms with Crippen molar-refractivity contribution >= 4 is 0 Å². The Morgan fingerprint density at radius 2 is 1.61 bits per heavy atom. The lowest BCUT2D eigenvalue weighted by Gasteiger charge is -2.24. The molecule has 0 fully saturated rings. The van der Waals surface area contributed by atoms with Crippen LogP contribution in [0.4, 0.5) is 13.2 Å². The average molecular weight is 323 g/mol. The number of nitrogens with one attached hydrogen (secondary N) is 1. The van der Waals surface area contributed by atoms with Crippen molar-refractivity contribution in [1.82, 2.24) is 5.32 Å². The molecule has 2 aromatic carbocycles. The number of benzene rings is 2. The minimum atomic E-state index is -1.46. The van der Waals surface area contributed by atoms with Gasteiger partial charge in [0.2, 0.25) is 0 Å². The van der Waals surface area contributed by atoms with Crippen molar-refractivity contribution in [3.8, 4) is 0 Å². The van der Waals surface area contributed by atoms with Gasteiger partial charge < -0.3 is 10.4 Å². The van der Waals surface area contributed by atoms with E-state index in [1.54, 1.807) is 6.92 Å². The van der Waals surface area contributed by atoms with Crippen molar-refractivity contribution in [1.29, 1.82) is 0 Å². The second-order valence-electron chi connectivity index (χ2n) is 5.52. The molecule has 2 nitrogen and oxygen atoms in total. The van der Waals surface area contributed by atoms with Gasteiger partial charge in [0.05, 0.1) is 0 Å². The van der Waals surface area contributed by atoms with Crippen LogP contribution in [0.2, 0.25) is 0 Å². The Bertz CT molecular complexity index is 610. The summed E-state index contributed by atoms with van der Waals surface area (Å²) in [5, 5.41) is 12.3. The molecule has 2 aromatic rings. The van der Waals surface area contributed by atoms with Gasteiger partial charge in [-0.05, 0) is 43.0 Å². The van der Waals surface area contributed by atoms with Gasteiger partial charge in [-0.2, -0.15) is 0 Å². The Labute approximate surface area is 134 Å². The van der Waals surface area contributed by atoms with Crippen LogP contribution in [0.5, 0.6) is 0 Å². The van der Waals surface area contributed by atoms with Gasteiger partial charge in [-0.1, -0.05) is 30.3 Å². The van der Waals surface area contributed by atoms with E-state index >= 15 is 0 Å². The van der Waals surface area contributed by atoms with Crippen molar-refractivity contribution in [2.45, 2.75) is 31.8 Å². The Morgan fingerprint density at radius 3 is 2.17 bits per heavy atom. The van der Waals surface area contributed by atoms with Gasteiger partial charge in [-0.25, -0.2) is 13.2 Å². The van der Waals surface area contributed by atoms with E-state index in [4.69, 9.17) is 5.11 Å². The molecule has 0 saturated heterocycles. The van der Waals surface area contributed by atoms with E-state index in [0.717, 1.165) is 17.7 Å². The van der Waals surface area contributed by atoms with E-state index in [2.05, 4.69) is 5.32 Å². The lowest BCUT2D eigenvalue weighted by Crippen LogP contribution is -2.25. The molecule has 0 aliphatic rings. The molecular weight excluding hydrogens is 303 g/mol. The summed E-state index contributed by atoms with van der Waals surface area (Å²) in [5.74, 6) is -3.85. The van der Waals surface area contributed by atoms with Crippen LogP contribution in [0.25, 0.3) is 0 Å². The normalized spacial score (nSPS) is 13.8. The summed E-state index contributed by atoms with van der Waals surface area (Å²) in [6.07, 6.45) is 1.28. The molecule has 2 atom stereocenters. The fraction of sp³-hybridized carbons (Fsp3) is 0.333. The minimum absolute atomic E-state index is 0.0686. The van der Waals surface area contributed by atoms with Crippen LogP contribution in [0.15, 0.2) is 42.5 Å². The maximum atomic E-state index is 13.4. The van der Waals surface area contributed by atoms with Crippen LogP contribution < -0.4 is 5.32 Å². The third-order valence-corrected chi connectivity index (χ3v) is 3.81. The van der Waals surface area contributed by atoms with Crippen LogP contribution in [-0.4, -0.2) is 11.7 Å².